The molecule has 0 aliphatic rings. The molecule has 0 bridgehead atoms. The number of aromatic amines is 1. The molecule has 3 heterocycles. The third-order valence-corrected chi connectivity index (χ3v) is 3.88. The highest BCUT2D eigenvalue weighted by Crippen LogP contribution is 2.32. The van der Waals surface area contributed by atoms with Gasteiger partial charge in [-0.2, -0.15) is 0 Å². The van der Waals surface area contributed by atoms with E-state index in [9.17, 15) is 4.79 Å². The molecule has 4 rings (SSSR count). The summed E-state index contributed by atoms with van der Waals surface area (Å²) in [4.78, 5) is 32.2. The van der Waals surface area contributed by atoms with Crippen LogP contribution in [0.15, 0.2) is 55.1 Å². The number of anilines is 1. The van der Waals surface area contributed by atoms with Crippen molar-refractivity contribution in [2.45, 2.75) is 6.92 Å². The number of hydrogen-bond acceptors (Lipinski definition) is 6. The zero-order valence-electron chi connectivity index (χ0n) is 14.5. The summed E-state index contributed by atoms with van der Waals surface area (Å²) in [6.07, 6.45) is 6.29. The van der Waals surface area contributed by atoms with Gasteiger partial charge in [0.1, 0.15) is 5.52 Å². The number of nitrogens with zero attached hydrogens (tertiary/aromatic N) is 4. The molecular weight excluding hydrogens is 344 g/mol. The maximum Gasteiger partial charge on any atom is 0.413 e. The minimum absolute atomic E-state index is 0.278. The van der Waals surface area contributed by atoms with E-state index in [2.05, 4.69) is 30.2 Å². The SMILES string of the molecule is CCOC(=O)Nc1nc2c(-c3ncccn3)cc(-c3cccnc3)cc2[nH]1. The molecule has 1 aromatic carbocycles. The number of hydrogen-bond donors (Lipinski definition) is 2. The molecule has 2 N–H and O–H groups in total. The summed E-state index contributed by atoms with van der Waals surface area (Å²) in [6.45, 7) is 2.02. The van der Waals surface area contributed by atoms with Gasteiger partial charge >= 0.3 is 6.09 Å². The lowest BCUT2D eigenvalue weighted by atomic mass is 10.0. The highest BCUT2D eigenvalue weighted by Gasteiger charge is 2.15. The summed E-state index contributed by atoms with van der Waals surface area (Å²) in [6, 6.07) is 9.51. The molecule has 134 valence electrons. The molecule has 3 aromatic heterocycles. The van der Waals surface area contributed by atoms with Crippen LogP contribution in [0.1, 0.15) is 6.92 Å². The highest BCUT2D eigenvalue weighted by atomic mass is 16.5. The number of carbonyl (C=O) groups is 1. The van der Waals surface area contributed by atoms with Gasteiger partial charge in [0.05, 0.1) is 12.1 Å². The van der Waals surface area contributed by atoms with Gasteiger partial charge in [-0.1, -0.05) is 6.07 Å². The monoisotopic (exact) mass is 360 g/mol. The molecule has 4 aromatic rings. The largest absolute Gasteiger partial charge is 0.450 e. The number of aromatic nitrogens is 5. The number of carbonyl (C=O) groups excluding carboxylic acids is 1. The van der Waals surface area contributed by atoms with Gasteiger partial charge in [0, 0.05) is 35.9 Å². The van der Waals surface area contributed by atoms with Crippen LogP contribution in [0.5, 0.6) is 0 Å². The first-order valence-corrected chi connectivity index (χ1v) is 8.40. The van der Waals surface area contributed by atoms with Crippen molar-refractivity contribution in [1.82, 2.24) is 24.9 Å². The Bertz CT molecular complexity index is 1080. The van der Waals surface area contributed by atoms with Crippen molar-refractivity contribution in [3.63, 3.8) is 0 Å². The van der Waals surface area contributed by atoms with E-state index in [0.29, 0.717) is 17.3 Å². The van der Waals surface area contributed by atoms with Crippen LogP contribution in [0.4, 0.5) is 10.7 Å². The molecule has 0 fully saturated rings. The number of imidazole rings is 1. The Morgan fingerprint density at radius 1 is 1.15 bits per heavy atom. The van der Waals surface area contributed by atoms with Crippen molar-refractivity contribution >= 4 is 23.1 Å². The molecule has 8 heteroatoms. The molecule has 0 aliphatic heterocycles. The van der Waals surface area contributed by atoms with E-state index in [4.69, 9.17) is 4.74 Å². The molecule has 0 saturated heterocycles. The number of benzene rings is 1. The zero-order valence-corrected chi connectivity index (χ0v) is 14.5. The van der Waals surface area contributed by atoms with E-state index in [1.54, 1.807) is 37.8 Å². The minimum atomic E-state index is -0.568. The Morgan fingerprint density at radius 3 is 2.74 bits per heavy atom. The van der Waals surface area contributed by atoms with Gasteiger partial charge in [-0.05, 0) is 36.8 Å². The maximum absolute atomic E-state index is 11.7. The Hall–Kier alpha value is -3.81. The molecule has 0 spiro atoms. The molecule has 27 heavy (non-hydrogen) atoms. The summed E-state index contributed by atoms with van der Waals surface area (Å²) in [5.41, 5.74) is 4.03. The molecule has 0 unspecified atom stereocenters. The van der Waals surface area contributed by atoms with Gasteiger partial charge < -0.3 is 9.72 Å². The fourth-order valence-electron chi connectivity index (χ4n) is 2.75. The highest BCUT2D eigenvalue weighted by molar-refractivity contribution is 5.96. The van der Waals surface area contributed by atoms with E-state index in [1.807, 2.05) is 24.3 Å². The van der Waals surface area contributed by atoms with Gasteiger partial charge in [0.25, 0.3) is 0 Å². The number of H-pyrrole nitrogens is 1. The van der Waals surface area contributed by atoms with E-state index in [1.165, 1.54) is 0 Å². The fraction of sp³-hybridized carbons (Fsp3) is 0.105. The van der Waals surface area contributed by atoms with Gasteiger partial charge in [0.15, 0.2) is 5.82 Å². The second-order valence-electron chi connectivity index (χ2n) is 5.66. The van der Waals surface area contributed by atoms with E-state index >= 15 is 0 Å². The number of amides is 1. The third-order valence-electron chi connectivity index (χ3n) is 3.88. The lowest BCUT2D eigenvalue weighted by Crippen LogP contribution is -2.14. The number of fused-ring (bicyclic) bond motifs is 1. The fourth-order valence-corrected chi connectivity index (χ4v) is 2.75. The summed E-state index contributed by atoms with van der Waals surface area (Å²) >= 11 is 0. The first-order chi connectivity index (χ1) is 13.2. The third kappa shape index (κ3) is 3.45. The first-order valence-electron chi connectivity index (χ1n) is 8.40. The van der Waals surface area contributed by atoms with Gasteiger partial charge in [-0.25, -0.2) is 19.7 Å². The van der Waals surface area contributed by atoms with Crippen molar-refractivity contribution in [2.24, 2.45) is 0 Å². The average Bonchev–Trinajstić information content (AvgIpc) is 3.11. The standard InChI is InChI=1S/C19H16N6O2/c1-2-27-19(26)25-18-23-15-10-13(12-5-3-6-20-11-12)9-14(16(15)24-18)17-21-7-4-8-22-17/h3-11H,2H2,1H3,(H2,23,24,25,26). The molecule has 8 nitrogen and oxygen atoms in total. The number of rotatable bonds is 4. The summed E-state index contributed by atoms with van der Waals surface area (Å²) < 4.78 is 4.91. The van der Waals surface area contributed by atoms with Crippen LogP contribution in [-0.4, -0.2) is 37.6 Å². The second kappa shape index (κ2) is 7.20. The van der Waals surface area contributed by atoms with E-state index in [0.717, 1.165) is 22.2 Å². The summed E-state index contributed by atoms with van der Waals surface area (Å²) in [5.74, 6) is 0.839. The normalized spacial score (nSPS) is 10.7. The Kier molecular flexibility index (Phi) is 4.44. The quantitative estimate of drug-likeness (QED) is 0.575. The van der Waals surface area contributed by atoms with Gasteiger partial charge in [0.2, 0.25) is 5.95 Å². The van der Waals surface area contributed by atoms with Crippen LogP contribution in [-0.2, 0) is 4.74 Å². The molecular formula is C19H16N6O2. The number of nitrogens with one attached hydrogen (secondary N) is 2. The zero-order chi connectivity index (χ0) is 18.6. The molecule has 0 aliphatic carbocycles. The van der Waals surface area contributed by atoms with Crippen LogP contribution in [0.2, 0.25) is 0 Å². The van der Waals surface area contributed by atoms with Crippen LogP contribution in [0.25, 0.3) is 33.5 Å². The molecule has 0 atom stereocenters. The number of pyridine rings is 1. The van der Waals surface area contributed by atoms with Crippen LogP contribution >= 0.6 is 0 Å². The molecule has 0 radical (unpaired) electrons. The van der Waals surface area contributed by atoms with Crippen LogP contribution in [0, 0.1) is 0 Å². The Labute approximate surface area is 154 Å². The van der Waals surface area contributed by atoms with Crippen molar-refractivity contribution in [1.29, 1.82) is 0 Å². The Balaban J connectivity index is 1.86. The summed E-state index contributed by atoms with van der Waals surface area (Å²) in [5, 5.41) is 2.59. The predicted octanol–water partition coefficient (Wildman–Crippen LogP) is 3.65. The molecule has 1 amide bonds. The molecule has 0 saturated carbocycles. The smallest absolute Gasteiger partial charge is 0.413 e. The van der Waals surface area contributed by atoms with Crippen molar-refractivity contribution < 1.29 is 9.53 Å². The van der Waals surface area contributed by atoms with Crippen molar-refractivity contribution in [2.75, 3.05) is 11.9 Å². The van der Waals surface area contributed by atoms with E-state index in [-0.39, 0.29) is 6.61 Å². The average molecular weight is 360 g/mol. The topological polar surface area (TPSA) is 106 Å². The minimum Gasteiger partial charge on any atom is -0.450 e. The second-order valence-corrected chi connectivity index (χ2v) is 5.66. The van der Waals surface area contributed by atoms with Crippen LogP contribution < -0.4 is 5.32 Å². The first kappa shape index (κ1) is 16.6. The summed E-state index contributed by atoms with van der Waals surface area (Å²) in [7, 11) is 0. The Morgan fingerprint density at radius 2 is 2.00 bits per heavy atom. The lowest BCUT2D eigenvalue weighted by Gasteiger charge is -2.06. The van der Waals surface area contributed by atoms with Crippen molar-refractivity contribution in [3.8, 4) is 22.5 Å². The number of ether oxygens (including phenoxy) is 1. The van der Waals surface area contributed by atoms with Gasteiger partial charge in [-0.3, -0.25) is 10.3 Å². The predicted molar refractivity (Wildman–Crippen MR) is 101 cm³/mol. The van der Waals surface area contributed by atoms with E-state index < -0.39 is 6.09 Å². The lowest BCUT2D eigenvalue weighted by molar-refractivity contribution is 0.167. The van der Waals surface area contributed by atoms with Crippen LogP contribution in [0.3, 0.4) is 0 Å². The van der Waals surface area contributed by atoms with Gasteiger partial charge in [-0.15, -0.1) is 0 Å². The maximum atomic E-state index is 11.7. The van der Waals surface area contributed by atoms with Crippen molar-refractivity contribution in [3.05, 3.63) is 55.1 Å².